The molecule has 0 aromatic rings. The zero-order valence-electron chi connectivity index (χ0n) is 9.52. The molecule has 0 rings (SSSR count). The second kappa shape index (κ2) is 7.00. The van der Waals surface area contributed by atoms with Crippen molar-refractivity contribution in [1.82, 2.24) is 0 Å². The Morgan fingerprint density at radius 3 is 1.40 bits per heavy atom. The summed E-state index contributed by atoms with van der Waals surface area (Å²) in [4.78, 5) is 19.1. The summed E-state index contributed by atoms with van der Waals surface area (Å²) < 4.78 is 0. The van der Waals surface area contributed by atoms with Crippen molar-refractivity contribution < 1.29 is 19.8 Å². The maximum Gasteiger partial charge on any atom is 0.328 e. The highest BCUT2D eigenvalue weighted by Gasteiger charge is 2.14. The van der Waals surface area contributed by atoms with Crippen LogP contribution in [0.4, 0.5) is 0 Å². The third kappa shape index (κ3) is 15.4. The molecular formula is C10H19NO4. The molecule has 0 aromatic heterocycles. The number of aliphatic carboxylic acids is 2. The molecule has 0 fully saturated rings. The van der Waals surface area contributed by atoms with E-state index in [-0.39, 0.29) is 5.41 Å². The molecule has 1 unspecified atom stereocenters. The van der Waals surface area contributed by atoms with Gasteiger partial charge >= 0.3 is 11.9 Å². The van der Waals surface area contributed by atoms with Gasteiger partial charge in [0, 0.05) is 18.2 Å². The maximum absolute atomic E-state index is 9.55. The van der Waals surface area contributed by atoms with Gasteiger partial charge in [-0.2, -0.15) is 0 Å². The Balaban J connectivity index is 0. The predicted molar refractivity (Wildman–Crippen MR) is 57.5 cm³/mol. The highest BCUT2D eigenvalue weighted by Crippen LogP contribution is 2.15. The molecule has 0 aliphatic rings. The molecule has 15 heavy (non-hydrogen) atoms. The van der Waals surface area contributed by atoms with Crippen molar-refractivity contribution in [2.75, 3.05) is 0 Å². The van der Waals surface area contributed by atoms with E-state index in [9.17, 15) is 9.59 Å². The van der Waals surface area contributed by atoms with E-state index in [0.29, 0.717) is 18.2 Å². The molecule has 0 bridgehead atoms. The highest BCUT2D eigenvalue weighted by molar-refractivity contribution is 5.89. The van der Waals surface area contributed by atoms with Crippen LogP contribution in [0.5, 0.6) is 0 Å². The lowest BCUT2D eigenvalue weighted by Gasteiger charge is -2.22. The smallest absolute Gasteiger partial charge is 0.328 e. The molecule has 0 amide bonds. The number of hydrogen-bond donors (Lipinski definition) is 3. The van der Waals surface area contributed by atoms with E-state index < -0.39 is 11.9 Å². The lowest BCUT2D eigenvalue weighted by Crippen LogP contribution is -2.31. The topological polar surface area (TPSA) is 101 Å². The van der Waals surface area contributed by atoms with Crippen LogP contribution in [0, 0.1) is 5.41 Å². The Morgan fingerprint density at radius 2 is 1.33 bits per heavy atom. The van der Waals surface area contributed by atoms with E-state index in [2.05, 4.69) is 20.8 Å². The summed E-state index contributed by atoms with van der Waals surface area (Å²) in [7, 11) is 0. The first-order chi connectivity index (χ1) is 6.57. The Morgan fingerprint density at radius 1 is 1.13 bits per heavy atom. The molecule has 0 spiro atoms. The summed E-state index contributed by atoms with van der Waals surface area (Å²) in [5.74, 6) is -2.51. The normalized spacial score (nSPS) is 12.9. The van der Waals surface area contributed by atoms with Crippen molar-refractivity contribution >= 4 is 11.9 Å². The Labute approximate surface area is 89.6 Å². The van der Waals surface area contributed by atoms with Crippen LogP contribution in [0.25, 0.3) is 0 Å². The lowest BCUT2D eigenvalue weighted by atomic mass is 9.89. The second-order valence-corrected chi connectivity index (χ2v) is 4.16. The fraction of sp³-hybridized carbons (Fsp3) is 0.600. The minimum absolute atomic E-state index is 0.278. The Kier molecular flexibility index (Phi) is 7.51. The molecule has 1 atom stereocenters. The number of carbonyl (C=O) groups is 2. The summed E-state index contributed by atoms with van der Waals surface area (Å²) in [5, 5.41) is 15.6. The number of hydrogen-bond acceptors (Lipinski definition) is 3. The van der Waals surface area contributed by atoms with Gasteiger partial charge in [-0.15, -0.1) is 0 Å². The van der Waals surface area contributed by atoms with Gasteiger partial charge in [0.1, 0.15) is 0 Å². The van der Waals surface area contributed by atoms with Crippen LogP contribution in [-0.2, 0) is 9.59 Å². The van der Waals surface area contributed by atoms with Gasteiger partial charge in [0.25, 0.3) is 0 Å². The number of carboxylic acids is 2. The second-order valence-electron chi connectivity index (χ2n) is 4.16. The standard InChI is InChI=1S/C6H15N.C4H4O4/c1-5(7)6(2,3)4;5-3(6)1-2-4(7)8/h5H,7H2,1-4H3;1-2H,(H,5,6)(H,7,8)/b;2-1-. The molecule has 0 saturated carbocycles. The Hall–Kier alpha value is -1.36. The van der Waals surface area contributed by atoms with Crippen LogP contribution < -0.4 is 5.73 Å². The van der Waals surface area contributed by atoms with E-state index in [1.807, 2.05) is 6.92 Å². The van der Waals surface area contributed by atoms with Crippen molar-refractivity contribution in [2.24, 2.45) is 11.1 Å². The third-order valence-electron chi connectivity index (χ3n) is 1.73. The minimum Gasteiger partial charge on any atom is -0.478 e. The molecule has 0 aliphatic carbocycles. The van der Waals surface area contributed by atoms with Crippen LogP contribution in [0.1, 0.15) is 27.7 Å². The monoisotopic (exact) mass is 217 g/mol. The molecular weight excluding hydrogens is 198 g/mol. The summed E-state index contributed by atoms with van der Waals surface area (Å²) in [5.41, 5.74) is 5.85. The van der Waals surface area contributed by atoms with Gasteiger partial charge in [-0.1, -0.05) is 20.8 Å². The van der Waals surface area contributed by atoms with Crippen molar-refractivity contribution in [3.8, 4) is 0 Å². The third-order valence-corrected chi connectivity index (χ3v) is 1.73. The van der Waals surface area contributed by atoms with Gasteiger partial charge in [-0.25, -0.2) is 9.59 Å². The first kappa shape index (κ1) is 16.1. The van der Waals surface area contributed by atoms with Crippen LogP contribution in [0.15, 0.2) is 12.2 Å². The zero-order chi connectivity index (χ0) is 12.6. The van der Waals surface area contributed by atoms with E-state index in [1.165, 1.54) is 0 Å². The molecule has 5 heteroatoms. The fourth-order valence-corrected chi connectivity index (χ4v) is 0.143. The van der Waals surface area contributed by atoms with Crippen molar-refractivity contribution in [3.05, 3.63) is 12.2 Å². The SMILES string of the molecule is CC(N)C(C)(C)C.O=C(O)/C=C\C(=O)O. The number of rotatable bonds is 2. The van der Waals surface area contributed by atoms with Crippen LogP contribution in [-0.4, -0.2) is 28.2 Å². The molecule has 4 N–H and O–H groups in total. The first-order valence-corrected chi connectivity index (χ1v) is 4.47. The van der Waals surface area contributed by atoms with Gasteiger partial charge in [0.05, 0.1) is 0 Å². The van der Waals surface area contributed by atoms with Gasteiger partial charge in [0.15, 0.2) is 0 Å². The molecule has 0 radical (unpaired) electrons. The van der Waals surface area contributed by atoms with Crippen LogP contribution in [0.2, 0.25) is 0 Å². The van der Waals surface area contributed by atoms with Gasteiger partial charge < -0.3 is 15.9 Å². The average Bonchev–Trinajstić information content (AvgIpc) is 2.00. The van der Waals surface area contributed by atoms with E-state index in [0.717, 1.165) is 0 Å². The van der Waals surface area contributed by atoms with Crippen molar-refractivity contribution in [3.63, 3.8) is 0 Å². The summed E-state index contributed by atoms with van der Waals surface area (Å²) >= 11 is 0. The van der Waals surface area contributed by atoms with E-state index in [4.69, 9.17) is 15.9 Å². The molecule has 0 aromatic carbocycles. The molecule has 5 nitrogen and oxygen atoms in total. The van der Waals surface area contributed by atoms with Gasteiger partial charge in [0.2, 0.25) is 0 Å². The minimum atomic E-state index is -1.26. The zero-order valence-corrected chi connectivity index (χ0v) is 9.52. The quantitative estimate of drug-likeness (QED) is 0.601. The number of nitrogens with two attached hydrogens (primary N) is 1. The maximum atomic E-state index is 9.55. The largest absolute Gasteiger partial charge is 0.478 e. The predicted octanol–water partition coefficient (Wildman–Crippen LogP) is 1.09. The molecule has 0 heterocycles. The highest BCUT2D eigenvalue weighted by atomic mass is 16.4. The van der Waals surface area contributed by atoms with E-state index in [1.54, 1.807) is 0 Å². The van der Waals surface area contributed by atoms with Crippen molar-refractivity contribution in [1.29, 1.82) is 0 Å². The lowest BCUT2D eigenvalue weighted by molar-refractivity contribution is -0.134. The van der Waals surface area contributed by atoms with E-state index >= 15 is 0 Å². The summed E-state index contributed by atoms with van der Waals surface area (Å²) in [6, 6.07) is 0.299. The van der Waals surface area contributed by atoms with Crippen LogP contribution in [0.3, 0.4) is 0 Å². The van der Waals surface area contributed by atoms with Crippen molar-refractivity contribution in [2.45, 2.75) is 33.7 Å². The molecule has 88 valence electrons. The molecule has 0 aliphatic heterocycles. The van der Waals surface area contributed by atoms with Gasteiger partial charge in [-0.05, 0) is 12.3 Å². The Bertz CT molecular complexity index is 222. The fourth-order valence-electron chi connectivity index (χ4n) is 0.143. The summed E-state index contributed by atoms with van der Waals surface area (Å²) in [6.45, 7) is 8.44. The average molecular weight is 217 g/mol. The van der Waals surface area contributed by atoms with Gasteiger partial charge in [-0.3, -0.25) is 0 Å². The molecule has 0 saturated heterocycles. The first-order valence-electron chi connectivity index (χ1n) is 4.47. The number of carboxylic acid groups (broad SMARTS) is 2. The summed E-state index contributed by atoms with van der Waals surface area (Å²) in [6.07, 6.45) is 1.12. The van der Waals surface area contributed by atoms with Crippen LogP contribution >= 0.6 is 0 Å².